The molecule has 6 nitrogen and oxygen atoms in total. The van der Waals surface area contributed by atoms with E-state index in [4.69, 9.17) is 11.6 Å². The molecule has 1 atom stereocenters. The van der Waals surface area contributed by atoms with E-state index in [0.717, 1.165) is 44.3 Å². The van der Waals surface area contributed by atoms with Crippen LogP contribution in [0.5, 0.6) is 0 Å². The smallest absolute Gasteiger partial charge is 0.246 e. The van der Waals surface area contributed by atoms with Crippen molar-refractivity contribution in [3.05, 3.63) is 59.1 Å². The van der Waals surface area contributed by atoms with E-state index in [9.17, 15) is 13.2 Å². The summed E-state index contributed by atoms with van der Waals surface area (Å²) < 4.78 is 27.4. The Labute approximate surface area is 182 Å². The van der Waals surface area contributed by atoms with Crippen molar-refractivity contribution in [3.8, 4) is 0 Å². The molecule has 1 unspecified atom stereocenters. The SMILES string of the molecule is O=C(Nc1ccc(Cl)c(S(=O)(=O)N2CCCC2)c1)C(c1ccccc1)N1CCCC1. The molecule has 0 aliphatic carbocycles. The van der Waals surface area contributed by atoms with Gasteiger partial charge in [-0.3, -0.25) is 9.69 Å². The molecule has 2 heterocycles. The predicted molar refractivity (Wildman–Crippen MR) is 118 cm³/mol. The first kappa shape index (κ1) is 21.3. The average Bonchev–Trinajstić information content (AvgIpc) is 3.45. The van der Waals surface area contributed by atoms with Crippen LogP contribution in [0.15, 0.2) is 53.4 Å². The van der Waals surface area contributed by atoms with E-state index in [2.05, 4.69) is 10.2 Å². The van der Waals surface area contributed by atoms with Gasteiger partial charge in [-0.1, -0.05) is 41.9 Å². The van der Waals surface area contributed by atoms with E-state index in [1.807, 2.05) is 30.3 Å². The van der Waals surface area contributed by atoms with Crippen molar-refractivity contribution in [1.29, 1.82) is 0 Å². The molecule has 1 N–H and O–H groups in total. The molecule has 4 rings (SSSR count). The molecule has 0 spiro atoms. The number of likely N-dealkylation sites (tertiary alicyclic amines) is 1. The lowest BCUT2D eigenvalue weighted by molar-refractivity contribution is -0.121. The molecule has 0 bridgehead atoms. The van der Waals surface area contributed by atoms with Gasteiger partial charge in [0, 0.05) is 18.8 Å². The first-order valence-electron chi connectivity index (χ1n) is 10.4. The summed E-state index contributed by atoms with van der Waals surface area (Å²) in [7, 11) is -3.68. The Morgan fingerprint density at radius 1 is 0.933 bits per heavy atom. The highest BCUT2D eigenvalue weighted by atomic mass is 35.5. The van der Waals surface area contributed by atoms with E-state index in [1.165, 1.54) is 16.4 Å². The molecule has 2 aromatic carbocycles. The van der Waals surface area contributed by atoms with Gasteiger partial charge >= 0.3 is 0 Å². The van der Waals surface area contributed by atoms with Crippen LogP contribution in [-0.2, 0) is 14.8 Å². The molecule has 2 aliphatic heterocycles. The second-order valence-electron chi connectivity index (χ2n) is 7.80. The van der Waals surface area contributed by atoms with Gasteiger partial charge in [0.1, 0.15) is 10.9 Å². The quantitative estimate of drug-likeness (QED) is 0.729. The normalized spacial score (nSPS) is 19.1. The maximum absolute atomic E-state index is 13.3. The Hall–Kier alpha value is -1.93. The Kier molecular flexibility index (Phi) is 6.43. The van der Waals surface area contributed by atoms with Crippen LogP contribution in [-0.4, -0.2) is 49.7 Å². The Morgan fingerprint density at radius 2 is 1.57 bits per heavy atom. The summed E-state index contributed by atoms with van der Waals surface area (Å²) in [4.78, 5) is 15.5. The van der Waals surface area contributed by atoms with Crippen molar-refractivity contribution < 1.29 is 13.2 Å². The maximum Gasteiger partial charge on any atom is 0.246 e. The number of nitrogens with one attached hydrogen (secondary N) is 1. The van der Waals surface area contributed by atoms with Crippen molar-refractivity contribution in [2.24, 2.45) is 0 Å². The fourth-order valence-electron chi connectivity index (χ4n) is 4.22. The fourth-order valence-corrected chi connectivity index (χ4v) is 6.24. The summed E-state index contributed by atoms with van der Waals surface area (Å²) in [6.07, 6.45) is 3.83. The number of amides is 1. The Balaban J connectivity index is 1.60. The molecule has 160 valence electrons. The third-order valence-corrected chi connectivity index (χ3v) is 8.13. The number of carbonyl (C=O) groups excluding carboxylic acids is 1. The van der Waals surface area contributed by atoms with Crippen LogP contribution in [0.1, 0.15) is 37.3 Å². The predicted octanol–water partition coefficient (Wildman–Crippen LogP) is 3.90. The van der Waals surface area contributed by atoms with Crippen LogP contribution in [0.2, 0.25) is 5.02 Å². The lowest BCUT2D eigenvalue weighted by Gasteiger charge is -2.27. The third-order valence-electron chi connectivity index (χ3n) is 5.75. The summed E-state index contributed by atoms with van der Waals surface area (Å²) >= 11 is 6.23. The number of halogens is 1. The highest BCUT2D eigenvalue weighted by Crippen LogP contribution is 2.31. The van der Waals surface area contributed by atoms with Gasteiger partial charge in [-0.2, -0.15) is 4.31 Å². The maximum atomic E-state index is 13.3. The van der Waals surface area contributed by atoms with Gasteiger partial charge in [-0.05, 0) is 62.5 Å². The summed E-state index contributed by atoms with van der Waals surface area (Å²) in [5.74, 6) is -0.171. The van der Waals surface area contributed by atoms with Crippen molar-refractivity contribution in [1.82, 2.24) is 9.21 Å². The zero-order chi connectivity index (χ0) is 21.1. The summed E-state index contributed by atoms with van der Waals surface area (Å²) in [6.45, 7) is 2.73. The van der Waals surface area contributed by atoms with E-state index in [-0.39, 0.29) is 15.8 Å². The van der Waals surface area contributed by atoms with Gasteiger partial charge in [0.25, 0.3) is 0 Å². The second-order valence-corrected chi connectivity index (χ2v) is 10.1. The highest BCUT2D eigenvalue weighted by molar-refractivity contribution is 7.89. The second kappa shape index (κ2) is 9.06. The average molecular weight is 448 g/mol. The highest BCUT2D eigenvalue weighted by Gasteiger charge is 2.31. The van der Waals surface area contributed by atoms with Gasteiger partial charge in [0.15, 0.2) is 0 Å². The van der Waals surface area contributed by atoms with E-state index in [0.29, 0.717) is 18.8 Å². The number of nitrogens with zero attached hydrogens (tertiary/aromatic N) is 2. The largest absolute Gasteiger partial charge is 0.324 e. The minimum atomic E-state index is -3.68. The number of anilines is 1. The molecular weight excluding hydrogens is 422 g/mol. The zero-order valence-electron chi connectivity index (χ0n) is 16.8. The molecule has 2 fully saturated rings. The monoisotopic (exact) mass is 447 g/mol. The van der Waals surface area contributed by atoms with E-state index >= 15 is 0 Å². The standard InChI is InChI=1S/C22H26ClN3O3S/c23-19-11-10-18(16-20(19)30(28,29)26-14-6-7-15-26)24-22(27)21(25-12-4-5-13-25)17-8-2-1-3-9-17/h1-3,8-11,16,21H,4-7,12-15H2,(H,24,27). The molecule has 0 aromatic heterocycles. The minimum Gasteiger partial charge on any atom is -0.324 e. The molecule has 0 saturated carbocycles. The van der Waals surface area contributed by atoms with Crippen LogP contribution in [0.25, 0.3) is 0 Å². The summed E-state index contributed by atoms with van der Waals surface area (Å²) in [6, 6.07) is 13.9. The summed E-state index contributed by atoms with van der Waals surface area (Å²) in [5, 5.41) is 3.09. The van der Waals surface area contributed by atoms with Crippen molar-refractivity contribution in [2.75, 3.05) is 31.5 Å². The van der Waals surface area contributed by atoms with Gasteiger partial charge < -0.3 is 5.32 Å². The fraction of sp³-hybridized carbons (Fsp3) is 0.409. The van der Waals surface area contributed by atoms with Crippen molar-refractivity contribution in [2.45, 2.75) is 36.6 Å². The van der Waals surface area contributed by atoms with Crippen LogP contribution < -0.4 is 5.32 Å². The van der Waals surface area contributed by atoms with Crippen molar-refractivity contribution in [3.63, 3.8) is 0 Å². The number of rotatable bonds is 6. The molecule has 0 radical (unpaired) electrons. The van der Waals surface area contributed by atoms with E-state index in [1.54, 1.807) is 6.07 Å². The van der Waals surface area contributed by atoms with Crippen LogP contribution in [0.4, 0.5) is 5.69 Å². The molecule has 2 saturated heterocycles. The van der Waals surface area contributed by atoms with Crippen molar-refractivity contribution >= 4 is 33.2 Å². The van der Waals surface area contributed by atoms with Gasteiger partial charge in [0.2, 0.25) is 15.9 Å². The van der Waals surface area contributed by atoms with E-state index < -0.39 is 16.1 Å². The first-order valence-corrected chi connectivity index (χ1v) is 12.2. The lowest BCUT2D eigenvalue weighted by Crippen LogP contribution is -2.35. The minimum absolute atomic E-state index is 0.0429. The first-order chi connectivity index (χ1) is 14.5. The molecule has 1 amide bonds. The van der Waals surface area contributed by atoms with Gasteiger partial charge in [-0.15, -0.1) is 0 Å². The van der Waals surface area contributed by atoms with Gasteiger partial charge in [0.05, 0.1) is 5.02 Å². The molecule has 8 heteroatoms. The Bertz CT molecular complexity index is 1000. The number of sulfonamides is 1. The van der Waals surface area contributed by atoms with Gasteiger partial charge in [-0.25, -0.2) is 8.42 Å². The van der Waals surface area contributed by atoms with Crippen LogP contribution in [0.3, 0.4) is 0 Å². The zero-order valence-corrected chi connectivity index (χ0v) is 18.3. The Morgan fingerprint density at radius 3 is 2.23 bits per heavy atom. The topological polar surface area (TPSA) is 69.7 Å². The molecule has 2 aliphatic rings. The molecule has 2 aromatic rings. The lowest BCUT2D eigenvalue weighted by atomic mass is 10.0. The molecular formula is C22H26ClN3O3S. The number of hydrogen-bond acceptors (Lipinski definition) is 4. The number of benzene rings is 2. The molecule has 30 heavy (non-hydrogen) atoms. The number of carbonyl (C=O) groups is 1. The van der Waals surface area contributed by atoms with Crippen LogP contribution in [0, 0.1) is 0 Å². The summed E-state index contributed by atoms with van der Waals surface area (Å²) in [5.41, 5.74) is 1.36. The third kappa shape index (κ3) is 4.39. The van der Waals surface area contributed by atoms with Crippen LogP contribution >= 0.6 is 11.6 Å². The number of hydrogen-bond donors (Lipinski definition) is 1.